The number of aromatic nitrogens is 2. The fourth-order valence-electron chi connectivity index (χ4n) is 1.17. The van der Waals surface area contributed by atoms with Gasteiger partial charge in [0.05, 0.1) is 6.20 Å². The van der Waals surface area contributed by atoms with Crippen LogP contribution in [0, 0.1) is 0 Å². The SMILES string of the molecule is O=C(NNc1cnccn1)Nc1ccccc1. The van der Waals surface area contributed by atoms with Crippen LogP contribution in [0.4, 0.5) is 16.3 Å². The number of para-hydroxylation sites is 1. The van der Waals surface area contributed by atoms with Gasteiger partial charge in [-0.3, -0.25) is 10.4 Å². The van der Waals surface area contributed by atoms with E-state index in [0.717, 1.165) is 0 Å². The van der Waals surface area contributed by atoms with Gasteiger partial charge in [-0.2, -0.15) is 0 Å². The third kappa shape index (κ3) is 3.45. The molecule has 0 spiro atoms. The van der Waals surface area contributed by atoms with Gasteiger partial charge in [-0.1, -0.05) is 18.2 Å². The first-order valence-corrected chi connectivity index (χ1v) is 4.99. The summed E-state index contributed by atoms with van der Waals surface area (Å²) in [7, 11) is 0. The first-order valence-electron chi connectivity index (χ1n) is 4.99. The Morgan fingerprint density at radius 1 is 1.12 bits per heavy atom. The van der Waals surface area contributed by atoms with E-state index in [2.05, 4.69) is 26.1 Å². The van der Waals surface area contributed by atoms with Crippen molar-refractivity contribution < 1.29 is 4.79 Å². The molecule has 1 heterocycles. The fourth-order valence-corrected chi connectivity index (χ4v) is 1.17. The number of nitrogens with zero attached hydrogens (tertiary/aromatic N) is 2. The van der Waals surface area contributed by atoms with Gasteiger partial charge in [-0.15, -0.1) is 0 Å². The van der Waals surface area contributed by atoms with Crippen molar-refractivity contribution in [1.29, 1.82) is 0 Å². The van der Waals surface area contributed by atoms with E-state index in [-0.39, 0.29) is 6.03 Å². The Kier molecular flexibility index (Phi) is 3.49. The molecule has 3 N–H and O–H groups in total. The Bertz CT molecular complexity index is 474. The lowest BCUT2D eigenvalue weighted by Gasteiger charge is -2.08. The molecule has 1 aromatic carbocycles. The Balaban J connectivity index is 1.83. The first kappa shape index (κ1) is 10.9. The van der Waals surface area contributed by atoms with E-state index in [1.807, 2.05) is 18.2 Å². The van der Waals surface area contributed by atoms with E-state index in [1.165, 1.54) is 12.4 Å². The second-order valence-corrected chi connectivity index (χ2v) is 3.16. The molecule has 6 heteroatoms. The molecule has 6 nitrogen and oxygen atoms in total. The first-order chi connectivity index (χ1) is 8.34. The average Bonchev–Trinajstić information content (AvgIpc) is 2.39. The lowest BCUT2D eigenvalue weighted by Crippen LogP contribution is -2.33. The van der Waals surface area contributed by atoms with Crippen molar-refractivity contribution in [2.45, 2.75) is 0 Å². The molecule has 17 heavy (non-hydrogen) atoms. The molecule has 0 atom stereocenters. The van der Waals surface area contributed by atoms with Gasteiger partial charge in [0.25, 0.3) is 0 Å². The van der Waals surface area contributed by atoms with Crippen LogP contribution in [0.5, 0.6) is 0 Å². The molecule has 0 aliphatic rings. The summed E-state index contributed by atoms with van der Waals surface area (Å²) in [6.07, 6.45) is 4.58. The highest BCUT2D eigenvalue weighted by Gasteiger charge is 2.00. The van der Waals surface area contributed by atoms with Crippen LogP contribution in [0.3, 0.4) is 0 Å². The van der Waals surface area contributed by atoms with Crippen LogP contribution in [0.2, 0.25) is 0 Å². The highest BCUT2D eigenvalue weighted by atomic mass is 16.2. The molecule has 0 fully saturated rings. The zero-order chi connectivity index (χ0) is 11.9. The number of benzene rings is 1. The number of rotatable bonds is 3. The monoisotopic (exact) mass is 229 g/mol. The molecule has 2 amide bonds. The van der Waals surface area contributed by atoms with Crippen LogP contribution in [-0.4, -0.2) is 16.0 Å². The van der Waals surface area contributed by atoms with E-state index in [1.54, 1.807) is 18.3 Å². The molecule has 0 unspecified atom stereocenters. The molecule has 0 aliphatic heterocycles. The molecule has 2 rings (SSSR count). The van der Waals surface area contributed by atoms with Crippen molar-refractivity contribution in [1.82, 2.24) is 15.4 Å². The molecule has 0 radical (unpaired) electrons. The summed E-state index contributed by atoms with van der Waals surface area (Å²) in [5.74, 6) is 0.468. The molecule has 1 aromatic heterocycles. The van der Waals surface area contributed by atoms with Gasteiger partial charge in [-0.05, 0) is 12.1 Å². The number of nitrogens with one attached hydrogen (secondary N) is 3. The summed E-state index contributed by atoms with van der Waals surface area (Å²) >= 11 is 0. The molecule has 2 aromatic rings. The molecule has 86 valence electrons. The Morgan fingerprint density at radius 2 is 1.94 bits per heavy atom. The summed E-state index contributed by atoms with van der Waals surface area (Å²) in [5.41, 5.74) is 5.79. The van der Waals surface area contributed by atoms with Gasteiger partial charge in [0.1, 0.15) is 0 Å². The van der Waals surface area contributed by atoms with Crippen molar-refractivity contribution in [3.05, 3.63) is 48.9 Å². The Hall–Kier alpha value is -2.63. The molecular formula is C11H11N5O. The Morgan fingerprint density at radius 3 is 2.65 bits per heavy atom. The van der Waals surface area contributed by atoms with Crippen LogP contribution >= 0.6 is 0 Å². The number of urea groups is 1. The summed E-state index contributed by atoms with van der Waals surface area (Å²) in [6, 6.07) is 8.77. The van der Waals surface area contributed by atoms with Crippen LogP contribution in [0.15, 0.2) is 48.9 Å². The maximum absolute atomic E-state index is 11.5. The third-order valence-electron chi connectivity index (χ3n) is 1.90. The summed E-state index contributed by atoms with van der Waals surface area (Å²) < 4.78 is 0. The van der Waals surface area contributed by atoms with E-state index in [9.17, 15) is 4.79 Å². The van der Waals surface area contributed by atoms with Crippen molar-refractivity contribution in [3.63, 3.8) is 0 Å². The maximum Gasteiger partial charge on any atom is 0.337 e. The maximum atomic E-state index is 11.5. The fraction of sp³-hybridized carbons (Fsp3) is 0. The second-order valence-electron chi connectivity index (χ2n) is 3.16. The molecule has 0 saturated carbocycles. The van der Waals surface area contributed by atoms with Crippen molar-refractivity contribution >= 4 is 17.5 Å². The van der Waals surface area contributed by atoms with Gasteiger partial charge in [0, 0.05) is 18.1 Å². The lowest BCUT2D eigenvalue weighted by molar-refractivity contribution is 0.254. The topological polar surface area (TPSA) is 78.9 Å². The molecule has 0 saturated heterocycles. The van der Waals surface area contributed by atoms with Crippen molar-refractivity contribution in [3.8, 4) is 0 Å². The van der Waals surface area contributed by atoms with Gasteiger partial charge in [0.15, 0.2) is 5.82 Å². The van der Waals surface area contributed by atoms with E-state index >= 15 is 0 Å². The van der Waals surface area contributed by atoms with Gasteiger partial charge < -0.3 is 5.32 Å². The summed E-state index contributed by atoms with van der Waals surface area (Å²) in [6.45, 7) is 0. The van der Waals surface area contributed by atoms with Gasteiger partial charge in [0.2, 0.25) is 0 Å². The highest BCUT2D eigenvalue weighted by molar-refractivity contribution is 5.89. The largest absolute Gasteiger partial charge is 0.337 e. The smallest absolute Gasteiger partial charge is 0.307 e. The summed E-state index contributed by atoms with van der Waals surface area (Å²) in [5, 5.41) is 2.65. The lowest BCUT2D eigenvalue weighted by atomic mass is 10.3. The standard InChI is InChI=1S/C11H11N5O/c17-11(14-9-4-2-1-3-5-9)16-15-10-8-12-6-7-13-10/h1-8H,(H,13,15)(H2,14,16,17). The second kappa shape index (κ2) is 5.45. The van der Waals surface area contributed by atoms with Gasteiger partial charge in [-0.25, -0.2) is 15.2 Å². The highest BCUT2D eigenvalue weighted by Crippen LogP contribution is 2.04. The molecule has 0 bridgehead atoms. The van der Waals surface area contributed by atoms with Crippen LogP contribution in [0.1, 0.15) is 0 Å². The van der Waals surface area contributed by atoms with Crippen LogP contribution in [0.25, 0.3) is 0 Å². The Labute approximate surface area is 98.1 Å². The van der Waals surface area contributed by atoms with E-state index < -0.39 is 0 Å². The van der Waals surface area contributed by atoms with E-state index in [4.69, 9.17) is 0 Å². The zero-order valence-electron chi connectivity index (χ0n) is 8.92. The van der Waals surface area contributed by atoms with Crippen LogP contribution in [-0.2, 0) is 0 Å². The molecule has 0 aliphatic carbocycles. The quantitative estimate of drug-likeness (QED) is 0.699. The molecular weight excluding hydrogens is 218 g/mol. The number of hydrazine groups is 1. The number of anilines is 2. The van der Waals surface area contributed by atoms with Gasteiger partial charge >= 0.3 is 6.03 Å². The minimum Gasteiger partial charge on any atom is -0.307 e. The predicted molar refractivity (Wildman–Crippen MR) is 64.3 cm³/mol. The van der Waals surface area contributed by atoms with Crippen molar-refractivity contribution in [2.75, 3.05) is 10.7 Å². The minimum atomic E-state index is -0.373. The normalized spacial score (nSPS) is 9.41. The van der Waals surface area contributed by atoms with E-state index in [0.29, 0.717) is 11.5 Å². The number of amides is 2. The number of carbonyl (C=O) groups is 1. The average molecular weight is 229 g/mol. The van der Waals surface area contributed by atoms with Crippen molar-refractivity contribution in [2.24, 2.45) is 0 Å². The predicted octanol–water partition coefficient (Wildman–Crippen LogP) is 1.63. The van der Waals surface area contributed by atoms with Crippen LogP contribution < -0.4 is 16.2 Å². The number of hydrogen-bond acceptors (Lipinski definition) is 4. The zero-order valence-corrected chi connectivity index (χ0v) is 8.92. The third-order valence-corrected chi connectivity index (χ3v) is 1.90. The summed E-state index contributed by atoms with van der Waals surface area (Å²) in [4.78, 5) is 19.2. The minimum absolute atomic E-state index is 0.373. The number of carbonyl (C=O) groups excluding carboxylic acids is 1. The number of hydrogen-bond donors (Lipinski definition) is 3.